The quantitative estimate of drug-likeness (QED) is 0.195. The maximum atomic E-state index is 13.1. The molecule has 0 spiro atoms. The maximum absolute atomic E-state index is 13.1. The van der Waals surface area contributed by atoms with Crippen LogP contribution in [0.15, 0.2) is 47.5 Å². The van der Waals surface area contributed by atoms with Crippen molar-refractivity contribution in [3.8, 4) is 5.75 Å². The summed E-state index contributed by atoms with van der Waals surface area (Å²) in [6.45, 7) is 21.0. The van der Waals surface area contributed by atoms with E-state index in [0.29, 0.717) is 29.6 Å². The summed E-state index contributed by atoms with van der Waals surface area (Å²) in [4.78, 5) is 28.7. The van der Waals surface area contributed by atoms with Crippen LogP contribution in [0, 0.1) is 6.92 Å². The zero-order chi connectivity index (χ0) is 39.7. The Morgan fingerprint density at radius 3 is 2.18 bits per heavy atom. The van der Waals surface area contributed by atoms with Crippen LogP contribution in [-0.2, 0) is 14.6 Å². The Kier molecular flexibility index (Phi) is 12.5. The number of sulfone groups is 1. The van der Waals surface area contributed by atoms with E-state index in [9.17, 15) is 13.2 Å². The predicted molar refractivity (Wildman–Crippen MR) is 219 cm³/mol. The number of piperidine rings is 2. The van der Waals surface area contributed by atoms with Crippen molar-refractivity contribution in [2.24, 2.45) is 0 Å². The lowest BCUT2D eigenvalue weighted by molar-refractivity contribution is -0.0255. The molecule has 6 rings (SSSR count). The number of benzene rings is 2. The smallest absolute Gasteiger partial charge is 0.410 e. The third-order valence-electron chi connectivity index (χ3n) is 10.8. The molecule has 2 aromatic carbocycles. The van der Waals surface area contributed by atoms with Crippen LogP contribution in [0.2, 0.25) is 5.02 Å². The fourth-order valence-electron chi connectivity index (χ4n) is 7.78. The number of para-hydroxylation sites is 1. The van der Waals surface area contributed by atoms with Gasteiger partial charge in [-0.3, -0.25) is 4.90 Å². The topological polar surface area (TPSA) is 129 Å². The van der Waals surface area contributed by atoms with Crippen LogP contribution < -0.4 is 15.4 Å². The number of aromatic nitrogens is 2. The third-order valence-corrected chi connectivity index (χ3v) is 13.3. The molecular weight excluding hydrogens is 738 g/mol. The number of rotatable bonds is 11. The van der Waals surface area contributed by atoms with Crippen LogP contribution in [0.3, 0.4) is 0 Å². The molecule has 3 saturated heterocycles. The van der Waals surface area contributed by atoms with Gasteiger partial charge in [-0.1, -0.05) is 23.7 Å². The highest BCUT2D eigenvalue weighted by molar-refractivity contribution is 7.92. The Labute approximate surface area is 332 Å². The number of hydrogen-bond donors (Lipinski definition) is 2. The molecule has 1 aromatic heterocycles. The molecule has 55 heavy (non-hydrogen) atoms. The summed E-state index contributed by atoms with van der Waals surface area (Å²) in [5.74, 6) is 1.75. The van der Waals surface area contributed by atoms with Gasteiger partial charge in [-0.25, -0.2) is 18.2 Å². The van der Waals surface area contributed by atoms with Crippen molar-refractivity contribution < 1.29 is 22.7 Å². The number of aryl methyl sites for hydroxylation is 1. The van der Waals surface area contributed by atoms with E-state index in [2.05, 4.69) is 49.5 Å². The highest BCUT2D eigenvalue weighted by Gasteiger charge is 2.39. The highest BCUT2D eigenvalue weighted by Crippen LogP contribution is 2.39. The van der Waals surface area contributed by atoms with E-state index in [-0.39, 0.29) is 27.9 Å². The summed E-state index contributed by atoms with van der Waals surface area (Å²) in [7, 11) is -3.55. The number of carbonyl (C=O) groups excluding carboxylic acids is 1. The molecular formula is C41H58ClN7O5S. The fourth-order valence-corrected chi connectivity index (χ4v) is 9.12. The first-order chi connectivity index (χ1) is 26.0. The average molecular weight is 796 g/mol. The minimum Gasteiger partial charge on any atom is -0.489 e. The summed E-state index contributed by atoms with van der Waals surface area (Å²) < 4.78 is 38.0. The molecule has 3 fully saturated rings. The van der Waals surface area contributed by atoms with Crippen LogP contribution in [0.25, 0.3) is 0 Å². The van der Waals surface area contributed by atoms with E-state index in [1.54, 1.807) is 38.1 Å². The zero-order valence-corrected chi connectivity index (χ0v) is 35.1. The van der Waals surface area contributed by atoms with E-state index in [1.807, 2.05) is 39.5 Å². The Morgan fingerprint density at radius 2 is 1.55 bits per heavy atom. The standard InChI is InChI=1S/C41H58ClN7O5S/c1-26(2)53-36-22-32(29-13-17-47(18-14-29)30-15-19-48(20-16-30)31-24-49(25-31)40(50)54-41(6,7)8)28(5)21-35(36)45-39-43-23-33(42)38(46-39)44-34-11-9-10-12-37(34)55(51,52)27(3)4/h9-12,21-23,26-27,29-31H,13-20,24-25H2,1-8H3,(H2,43,44,45,46). The lowest BCUT2D eigenvalue weighted by Gasteiger charge is -2.49. The minimum atomic E-state index is -3.55. The van der Waals surface area contributed by atoms with Gasteiger partial charge in [-0.05, 0) is 135 Å². The van der Waals surface area contributed by atoms with Crippen molar-refractivity contribution in [2.45, 2.75) is 121 Å². The van der Waals surface area contributed by atoms with Crippen molar-refractivity contribution in [1.82, 2.24) is 24.7 Å². The number of halogens is 1. The second kappa shape index (κ2) is 16.8. The first-order valence-corrected chi connectivity index (χ1v) is 21.6. The summed E-state index contributed by atoms with van der Waals surface area (Å²) in [6.07, 6.45) is 5.74. The minimum absolute atomic E-state index is 0.0492. The molecule has 0 radical (unpaired) electrons. The molecule has 300 valence electrons. The van der Waals surface area contributed by atoms with Gasteiger partial charge >= 0.3 is 6.09 Å². The molecule has 4 heterocycles. The zero-order valence-electron chi connectivity index (χ0n) is 33.6. The van der Waals surface area contributed by atoms with E-state index < -0.39 is 20.7 Å². The van der Waals surface area contributed by atoms with Crippen molar-refractivity contribution >= 4 is 50.7 Å². The predicted octanol–water partition coefficient (Wildman–Crippen LogP) is 8.16. The van der Waals surface area contributed by atoms with Crippen LogP contribution >= 0.6 is 11.6 Å². The number of nitrogens with one attached hydrogen (secondary N) is 2. The average Bonchev–Trinajstić information content (AvgIpc) is 3.10. The number of likely N-dealkylation sites (tertiary alicyclic amines) is 3. The van der Waals surface area contributed by atoms with Gasteiger partial charge in [0.25, 0.3) is 0 Å². The molecule has 0 atom stereocenters. The number of carbonyl (C=O) groups is 1. The Bertz CT molecular complexity index is 1930. The van der Waals surface area contributed by atoms with Crippen LogP contribution in [0.5, 0.6) is 5.75 Å². The molecule has 3 aliphatic heterocycles. The monoisotopic (exact) mass is 795 g/mol. The lowest BCUT2D eigenvalue weighted by atomic mass is 9.85. The van der Waals surface area contributed by atoms with E-state index in [1.165, 1.54) is 17.3 Å². The fraction of sp³-hybridized carbons (Fsp3) is 0.585. The third kappa shape index (κ3) is 9.84. The highest BCUT2D eigenvalue weighted by atomic mass is 35.5. The SMILES string of the molecule is Cc1cc(Nc2ncc(Cl)c(Nc3ccccc3S(=O)(=O)C(C)C)n2)c(OC(C)C)cc1C1CCN(C2CCN(C3CN(C(=O)OC(C)(C)C)C3)CC2)CC1. The van der Waals surface area contributed by atoms with Crippen molar-refractivity contribution in [3.63, 3.8) is 0 Å². The number of hydrogen-bond acceptors (Lipinski definition) is 11. The molecule has 14 heteroatoms. The number of anilines is 4. The van der Waals surface area contributed by atoms with Gasteiger partial charge in [0.15, 0.2) is 15.7 Å². The summed E-state index contributed by atoms with van der Waals surface area (Å²) in [5, 5.41) is 6.15. The molecule has 0 aliphatic carbocycles. The molecule has 1 amide bonds. The van der Waals surface area contributed by atoms with E-state index in [4.69, 9.17) is 21.1 Å². The molecule has 3 aliphatic rings. The molecule has 0 saturated carbocycles. The van der Waals surface area contributed by atoms with Gasteiger partial charge in [-0.2, -0.15) is 4.98 Å². The first kappa shape index (κ1) is 41.0. The van der Waals surface area contributed by atoms with Gasteiger partial charge in [-0.15, -0.1) is 0 Å². The number of nitrogens with zero attached hydrogens (tertiary/aromatic N) is 5. The van der Waals surface area contributed by atoms with Crippen molar-refractivity contribution in [1.29, 1.82) is 0 Å². The number of ether oxygens (including phenoxy) is 2. The molecule has 12 nitrogen and oxygen atoms in total. The van der Waals surface area contributed by atoms with Gasteiger partial charge in [0.1, 0.15) is 16.4 Å². The number of amides is 1. The van der Waals surface area contributed by atoms with Crippen molar-refractivity contribution in [3.05, 3.63) is 58.7 Å². The Morgan fingerprint density at radius 1 is 0.909 bits per heavy atom. The summed E-state index contributed by atoms with van der Waals surface area (Å²) in [6, 6.07) is 12.1. The van der Waals surface area contributed by atoms with E-state index in [0.717, 1.165) is 76.4 Å². The van der Waals surface area contributed by atoms with Crippen LogP contribution in [0.1, 0.15) is 91.2 Å². The first-order valence-electron chi connectivity index (χ1n) is 19.6. The summed E-state index contributed by atoms with van der Waals surface area (Å²) in [5.41, 5.74) is 3.15. The molecule has 0 bridgehead atoms. The molecule has 3 aromatic rings. The lowest BCUT2D eigenvalue weighted by Crippen LogP contribution is -2.63. The maximum Gasteiger partial charge on any atom is 0.410 e. The van der Waals surface area contributed by atoms with Gasteiger partial charge in [0, 0.05) is 38.3 Å². The Balaban J connectivity index is 1.08. The second-order valence-electron chi connectivity index (χ2n) is 16.7. The van der Waals surface area contributed by atoms with Crippen LogP contribution in [0.4, 0.5) is 27.9 Å². The van der Waals surface area contributed by atoms with Gasteiger partial charge < -0.3 is 29.9 Å². The van der Waals surface area contributed by atoms with Crippen molar-refractivity contribution in [2.75, 3.05) is 49.9 Å². The van der Waals surface area contributed by atoms with E-state index >= 15 is 0 Å². The van der Waals surface area contributed by atoms with Gasteiger partial charge in [0.05, 0.1) is 33.8 Å². The largest absolute Gasteiger partial charge is 0.489 e. The molecule has 2 N–H and O–H groups in total. The normalized spacial score (nSPS) is 18.4. The second-order valence-corrected chi connectivity index (χ2v) is 19.6. The van der Waals surface area contributed by atoms with Gasteiger partial charge in [0.2, 0.25) is 5.95 Å². The molecule has 0 unspecified atom stereocenters. The van der Waals surface area contributed by atoms with Crippen LogP contribution in [-0.4, -0.2) is 107 Å². The summed E-state index contributed by atoms with van der Waals surface area (Å²) >= 11 is 6.52. The Hall–Kier alpha value is -3.65.